The van der Waals surface area contributed by atoms with Crippen LogP contribution in [0.3, 0.4) is 0 Å². The Hall–Kier alpha value is -1.96. The summed E-state index contributed by atoms with van der Waals surface area (Å²) in [7, 11) is 0. The van der Waals surface area contributed by atoms with Crippen molar-refractivity contribution in [3.63, 3.8) is 0 Å². The summed E-state index contributed by atoms with van der Waals surface area (Å²) in [6.07, 6.45) is 0. The lowest BCUT2D eigenvalue weighted by Gasteiger charge is -2.26. The third-order valence-corrected chi connectivity index (χ3v) is 4.42. The van der Waals surface area contributed by atoms with Gasteiger partial charge in [-0.1, -0.05) is 29.3 Å². The maximum absolute atomic E-state index is 6.04. The van der Waals surface area contributed by atoms with E-state index in [0.29, 0.717) is 0 Å². The summed E-state index contributed by atoms with van der Waals surface area (Å²) in [6, 6.07) is 22.2. The lowest BCUT2D eigenvalue weighted by Crippen LogP contribution is -2.10. The summed E-state index contributed by atoms with van der Waals surface area (Å²) in [6.45, 7) is 4.24. The van der Waals surface area contributed by atoms with Crippen molar-refractivity contribution < 1.29 is 0 Å². The van der Waals surface area contributed by atoms with E-state index in [1.807, 2.05) is 48.5 Å². The fraction of sp³-hybridized carbons (Fsp3) is 0.100. The van der Waals surface area contributed by atoms with Gasteiger partial charge in [0.05, 0.1) is 0 Å². The number of anilines is 3. The van der Waals surface area contributed by atoms with Crippen molar-refractivity contribution in [1.82, 2.24) is 0 Å². The van der Waals surface area contributed by atoms with E-state index in [9.17, 15) is 0 Å². The zero-order valence-corrected chi connectivity index (χ0v) is 14.6. The highest BCUT2D eigenvalue weighted by Crippen LogP contribution is 2.36. The number of rotatable bonds is 3. The number of benzene rings is 3. The largest absolute Gasteiger partial charge is 0.310 e. The first-order valence-corrected chi connectivity index (χ1v) is 8.19. The Balaban J connectivity index is 2.14. The second-order valence-electron chi connectivity index (χ2n) is 5.56. The van der Waals surface area contributed by atoms with Gasteiger partial charge in [-0.2, -0.15) is 0 Å². The molecule has 0 unspecified atom stereocenters. The maximum Gasteiger partial charge on any atom is 0.0464 e. The minimum Gasteiger partial charge on any atom is -0.310 e. The highest BCUT2D eigenvalue weighted by molar-refractivity contribution is 6.31. The van der Waals surface area contributed by atoms with E-state index >= 15 is 0 Å². The Morgan fingerprint density at radius 2 is 1.00 bits per heavy atom. The number of hydrogen-bond acceptors (Lipinski definition) is 1. The van der Waals surface area contributed by atoms with Crippen molar-refractivity contribution in [3.8, 4) is 0 Å². The zero-order valence-electron chi connectivity index (χ0n) is 13.1. The lowest BCUT2D eigenvalue weighted by atomic mass is 10.1. The normalized spacial score (nSPS) is 10.6. The molecule has 0 N–H and O–H groups in total. The summed E-state index contributed by atoms with van der Waals surface area (Å²) in [4.78, 5) is 2.19. The van der Waals surface area contributed by atoms with Gasteiger partial charge in [0.2, 0.25) is 0 Å². The Morgan fingerprint density at radius 3 is 1.43 bits per heavy atom. The van der Waals surface area contributed by atoms with Crippen molar-refractivity contribution in [2.45, 2.75) is 13.8 Å². The van der Waals surface area contributed by atoms with Gasteiger partial charge < -0.3 is 4.90 Å². The first kappa shape index (κ1) is 15.9. The molecule has 0 aliphatic heterocycles. The van der Waals surface area contributed by atoms with Gasteiger partial charge in [0.15, 0.2) is 0 Å². The molecule has 0 aliphatic carbocycles. The molecular formula is C20H17Cl2N. The van der Waals surface area contributed by atoms with E-state index < -0.39 is 0 Å². The second-order valence-corrected chi connectivity index (χ2v) is 6.43. The average molecular weight is 342 g/mol. The van der Waals surface area contributed by atoms with Crippen molar-refractivity contribution in [2.24, 2.45) is 0 Å². The summed E-state index contributed by atoms with van der Waals surface area (Å²) >= 11 is 12.1. The van der Waals surface area contributed by atoms with E-state index in [0.717, 1.165) is 27.1 Å². The average Bonchev–Trinajstić information content (AvgIpc) is 2.55. The van der Waals surface area contributed by atoms with Gasteiger partial charge >= 0.3 is 0 Å². The van der Waals surface area contributed by atoms with Crippen LogP contribution in [-0.2, 0) is 0 Å². The van der Waals surface area contributed by atoms with E-state index in [-0.39, 0.29) is 0 Å². The van der Waals surface area contributed by atoms with Crippen LogP contribution in [0.5, 0.6) is 0 Å². The fourth-order valence-corrected chi connectivity index (χ4v) is 2.74. The van der Waals surface area contributed by atoms with Crippen LogP contribution in [0.4, 0.5) is 17.1 Å². The molecule has 116 valence electrons. The zero-order chi connectivity index (χ0) is 16.4. The highest BCUT2D eigenvalue weighted by atomic mass is 35.5. The van der Waals surface area contributed by atoms with Crippen LogP contribution in [0, 0.1) is 13.8 Å². The van der Waals surface area contributed by atoms with Crippen LogP contribution in [0.2, 0.25) is 10.0 Å². The standard InChI is InChI=1S/C20H17Cl2N/c1-14-3-8-20(13-15(14)2)23(18-9-4-16(21)5-10-18)19-11-6-17(22)7-12-19/h3-13H,1-2H3. The van der Waals surface area contributed by atoms with Gasteiger partial charge in [0, 0.05) is 27.1 Å². The molecule has 0 saturated carbocycles. The van der Waals surface area contributed by atoms with Crippen LogP contribution in [0.15, 0.2) is 66.7 Å². The SMILES string of the molecule is Cc1ccc(N(c2ccc(Cl)cc2)c2ccc(Cl)cc2)cc1C. The van der Waals surface area contributed by atoms with E-state index in [1.165, 1.54) is 11.1 Å². The third-order valence-electron chi connectivity index (χ3n) is 3.92. The monoisotopic (exact) mass is 341 g/mol. The highest BCUT2D eigenvalue weighted by Gasteiger charge is 2.13. The molecule has 3 aromatic carbocycles. The van der Waals surface area contributed by atoms with E-state index in [1.54, 1.807) is 0 Å². The predicted molar refractivity (Wildman–Crippen MR) is 101 cm³/mol. The molecule has 0 amide bonds. The summed E-state index contributed by atoms with van der Waals surface area (Å²) in [5.41, 5.74) is 5.76. The van der Waals surface area contributed by atoms with Crippen molar-refractivity contribution in [1.29, 1.82) is 0 Å². The third kappa shape index (κ3) is 3.52. The van der Waals surface area contributed by atoms with Crippen molar-refractivity contribution >= 4 is 40.3 Å². The molecule has 0 saturated heterocycles. The van der Waals surface area contributed by atoms with Gasteiger partial charge in [0.1, 0.15) is 0 Å². The first-order valence-electron chi connectivity index (χ1n) is 7.43. The van der Waals surface area contributed by atoms with Gasteiger partial charge in [-0.15, -0.1) is 0 Å². The molecule has 0 spiro atoms. The lowest BCUT2D eigenvalue weighted by molar-refractivity contribution is 1.25. The number of aryl methyl sites for hydroxylation is 2. The summed E-state index contributed by atoms with van der Waals surface area (Å²) in [5, 5.41) is 1.45. The van der Waals surface area contributed by atoms with E-state index in [4.69, 9.17) is 23.2 Å². The Morgan fingerprint density at radius 1 is 0.565 bits per heavy atom. The molecule has 0 bridgehead atoms. The smallest absolute Gasteiger partial charge is 0.0464 e. The quantitative estimate of drug-likeness (QED) is 0.491. The van der Waals surface area contributed by atoms with Crippen LogP contribution < -0.4 is 4.90 Å². The van der Waals surface area contributed by atoms with Gasteiger partial charge in [-0.3, -0.25) is 0 Å². The minimum atomic E-state index is 0.727. The van der Waals surface area contributed by atoms with Crippen LogP contribution in [0.1, 0.15) is 11.1 Å². The molecule has 3 heteroatoms. The van der Waals surface area contributed by atoms with Gasteiger partial charge in [-0.25, -0.2) is 0 Å². The van der Waals surface area contributed by atoms with Gasteiger partial charge in [0.25, 0.3) is 0 Å². The minimum absolute atomic E-state index is 0.727. The van der Waals surface area contributed by atoms with Crippen LogP contribution in [0.25, 0.3) is 0 Å². The molecule has 3 aromatic rings. The molecule has 0 radical (unpaired) electrons. The maximum atomic E-state index is 6.04. The number of hydrogen-bond donors (Lipinski definition) is 0. The second kappa shape index (κ2) is 6.66. The van der Waals surface area contributed by atoms with Crippen molar-refractivity contribution in [2.75, 3.05) is 4.90 Å². The number of nitrogens with zero attached hydrogens (tertiary/aromatic N) is 1. The van der Waals surface area contributed by atoms with Crippen LogP contribution in [-0.4, -0.2) is 0 Å². The molecular weight excluding hydrogens is 325 g/mol. The molecule has 0 aliphatic rings. The Bertz CT molecular complexity index is 763. The Kier molecular flexibility index (Phi) is 4.61. The molecule has 0 heterocycles. The van der Waals surface area contributed by atoms with Crippen molar-refractivity contribution in [3.05, 3.63) is 87.9 Å². The molecule has 3 rings (SSSR count). The summed E-state index contributed by atoms with van der Waals surface area (Å²) < 4.78 is 0. The van der Waals surface area contributed by atoms with Gasteiger partial charge in [-0.05, 0) is 85.6 Å². The summed E-state index contributed by atoms with van der Waals surface area (Å²) in [5.74, 6) is 0. The molecule has 0 fully saturated rings. The molecule has 23 heavy (non-hydrogen) atoms. The fourth-order valence-electron chi connectivity index (χ4n) is 2.49. The predicted octanol–water partition coefficient (Wildman–Crippen LogP) is 7.08. The first-order chi connectivity index (χ1) is 11.0. The van der Waals surface area contributed by atoms with E-state index in [2.05, 4.69) is 36.9 Å². The topological polar surface area (TPSA) is 3.24 Å². The Labute approximate surface area is 147 Å². The number of halogens is 2. The molecule has 0 aromatic heterocycles. The van der Waals surface area contributed by atoms with Crippen LogP contribution >= 0.6 is 23.2 Å². The molecule has 0 atom stereocenters. The molecule has 1 nitrogen and oxygen atoms in total.